The highest BCUT2D eigenvalue weighted by atomic mass is 16.4. The van der Waals surface area contributed by atoms with Crippen molar-refractivity contribution in [2.24, 2.45) is 0 Å². The molecule has 0 aliphatic carbocycles. The molecular formula is C19H16N2O4. The van der Waals surface area contributed by atoms with Gasteiger partial charge in [0, 0.05) is 42.0 Å². The summed E-state index contributed by atoms with van der Waals surface area (Å²) in [5.74, 6) is -1.32. The lowest BCUT2D eigenvalue weighted by molar-refractivity contribution is -0.137. The van der Waals surface area contributed by atoms with Crippen LogP contribution in [-0.4, -0.2) is 31.5 Å². The van der Waals surface area contributed by atoms with E-state index in [9.17, 15) is 14.7 Å². The van der Waals surface area contributed by atoms with Crippen molar-refractivity contribution < 1.29 is 19.8 Å². The minimum absolute atomic E-state index is 0.0586. The molecule has 0 aliphatic rings. The Hall–Kier alpha value is -3.41. The summed E-state index contributed by atoms with van der Waals surface area (Å²) in [5, 5.41) is 18.8. The van der Waals surface area contributed by atoms with Crippen molar-refractivity contribution in [2.45, 2.75) is 13.0 Å². The first kappa shape index (κ1) is 16.4. The number of carbonyl (C=O) groups excluding carboxylic acids is 1. The van der Waals surface area contributed by atoms with E-state index in [1.165, 1.54) is 6.07 Å². The Morgan fingerprint density at radius 1 is 1.08 bits per heavy atom. The molecule has 126 valence electrons. The van der Waals surface area contributed by atoms with Gasteiger partial charge in [-0.25, -0.2) is 0 Å². The summed E-state index contributed by atoms with van der Waals surface area (Å²) >= 11 is 0. The second kappa shape index (κ2) is 7.00. The standard InChI is InChI=1S/C19H16N2O4/c22-17-4-2-1-3-15(17)19(25)14-11-16(13-5-8-20-9-6-13)21(12-14)10-7-18(23)24/h1-6,8-9,11-12,22H,7,10H2,(H,23,24). The van der Waals surface area contributed by atoms with Crippen LogP contribution in [0.4, 0.5) is 0 Å². The largest absolute Gasteiger partial charge is 0.507 e. The van der Waals surface area contributed by atoms with Crippen molar-refractivity contribution in [2.75, 3.05) is 0 Å². The zero-order chi connectivity index (χ0) is 17.8. The van der Waals surface area contributed by atoms with Gasteiger partial charge in [-0.1, -0.05) is 12.1 Å². The van der Waals surface area contributed by atoms with Crippen molar-refractivity contribution in [3.63, 3.8) is 0 Å². The molecule has 0 unspecified atom stereocenters. The molecule has 6 heteroatoms. The van der Waals surface area contributed by atoms with Gasteiger partial charge in [-0.15, -0.1) is 0 Å². The maximum absolute atomic E-state index is 12.7. The maximum atomic E-state index is 12.7. The van der Waals surface area contributed by atoms with Gasteiger partial charge in [0.1, 0.15) is 5.75 Å². The molecule has 0 amide bonds. The van der Waals surface area contributed by atoms with E-state index in [0.717, 1.165) is 11.3 Å². The lowest BCUT2D eigenvalue weighted by atomic mass is 10.0. The number of aromatic hydroxyl groups is 1. The van der Waals surface area contributed by atoms with Crippen LogP contribution in [0.2, 0.25) is 0 Å². The summed E-state index contributed by atoms with van der Waals surface area (Å²) in [5.41, 5.74) is 2.15. The zero-order valence-corrected chi connectivity index (χ0v) is 13.3. The number of benzene rings is 1. The molecular weight excluding hydrogens is 320 g/mol. The molecule has 0 aliphatic heterocycles. The number of rotatable bonds is 6. The van der Waals surface area contributed by atoms with Crippen molar-refractivity contribution in [1.29, 1.82) is 0 Å². The molecule has 6 nitrogen and oxygen atoms in total. The summed E-state index contributed by atoms with van der Waals surface area (Å²) in [4.78, 5) is 27.6. The molecule has 0 saturated carbocycles. The summed E-state index contributed by atoms with van der Waals surface area (Å²) in [6, 6.07) is 11.6. The van der Waals surface area contributed by atoms with E-state index >= 15 is 0 Å². The van der Waals surface area contributed by atoms with Crippen molar-refractivity contribution >= 4 is 11.8 Å². The van der Waals surface area contributed by atoms with Crippen molar-refractivity contribution in [3.05, 3.63) is 72.2 Å². The molecule has 0 saturated heterocycles. The summed E-state index contributed by atoms with van der Waals surface area (Å²) in [7, 11) is 0. The third-order valence-electron chi connectivity index (χ3n) is 3.85. The molecule has 0 radical (unpaired) electrons. The fraction of sp³-hybridized carbons (Fsp3) is 0.105. The SMILES string of the molecule is O=C(O)CCn1cc(C(=O)c2ccccc2O)cc1-c1ccncc1. The minimum atomic E-state index is -0.914. The number of aliphatic carboxylic acids is 1. The number of hydrogen-bond acceptors (Lipinski definition) is 4. The van der Waals surface area contributed by atoms with Crippen LogP contribution in [0.1, 0.15) is 22.3 Å². The smallest absolute Gasteiger partial charge is 0.305 e. The number of phenols is 1. The molecule has 0 spiro atoms. The van der Waals surface area contributed by atoms with Crippen LogP contribution in [0, 0.1) is 0 Å². The number of pyridine rings is 1. The second-order valence-electron chi connectivity index (χ2n) is 5.53. The number of phenolic OH excluding ortho intramolecular Hbond substituents is 1. The Labute approximate surface area is 144 Å². The average molecular weight is 336 g/mol. The first-order chi connectivity index (χ1) is 12.1. The molecule has 0 fully saturated rings. The first-order valence-corrected chi connectivity index (χ1v) is 7.71. The summed E-state index contributed by atoms with van der Waals surface area (Å²) in [6.07, 6.45) is 4.83. The van der Waals surface area contributed by atoms with Gasteiger partial charge in [0.25, 0.3) is 0 Å². The third-order valence-corrected chi connectivity index (χ3v) is 3.85. The molecule has 3 aromatic rings. The van der Waals surface area contributed by atoms with Crippen LogP contribution in [0.25, 0.3) is 11.3 Å². The molecule has 2 aromatic heterocycles. The number of carbonyl (C=O) groups is 2. The van der Waals surface area contributed by atoms with Crippen LogP contribution < -0.4 is 0 Å². The molecule has 3 rings (SSSR count). The average Bonchev–Trinajstić information content (AvgIpc) is 3.05. The van der Waals surface area contributed by atoms with E-state index < -0.39 is 5.97 Å². The van der Waals surface area contributed by atoms with E-state index in [-0.39, 0.29) is 30.1 Å². The highest BCUT2D eigenvalue weighted by molar-refractivity contribution is 6.11. The highest BCUT2D eigenvalue weighted by Gasteiger charge is 2.18. The zero-order valence-electron chi connectivity index (χ0n) is 13.3. The monoisotopic (exact) mass is 336 g/mol. The fourth-order valence-corrected chi connectivity index (χ4v) is 2.62. The third kappa shape index (κ3) is 3.58. The van der Waals surface area contributed by atoms with E-state index in [0.29, 0.717) is 5.56 Å². The predicted octanol–water partition coefficient (Wildman–Crippen LogP) is 2.96. The Bertz CT molecular complexity index is 916. The number of hydrogen-bond donors (Lipinski definition) is 2. The number of aromatic nitrogens is 2. The van der Waals surface area contributed by atoms with E-state index in [1.807, 2.05) is 0 Å². The van der Waals surface area contributed by atoms with Gasteiger partial charge in [-0.05, 0) is 30.3 Å². The van der Waals surface area contributed by atoms with Gasteiger partial charge in [0.2, 0.25) is 0 Å². The number of ketones is 1. The minimum Gasteiger partial charge on any atom is -0.507 e. The van der Waals surface area contributed by atoms with E-state index in [2.05, 4.69) is 4.98 Å². The highest BCUT2D eigenvalue weighted by Crippen LogP contribution is 2.26. The predicted molar refractivity (Wildman–Crippen MR) is 91.5 cm³/mol. The lowest BCUT2D eigenvalue weighted by Gasteiger charge is -2.07. The molecule has 2 N–H and O–H groups in total. The van der Waals surface area contributed by atoms with Crippen LogP contribution in [0.3, 0.4) is 0 Å². The van der Waals surface area contributed by atoms with Gasteiger partial charge in [0.05, 0.1) is 12.0 Å². The quantitative estimate of drug-likeness (QED) is 0.675. The van der Waals surface area contributed by atoms with Gasteiger partial charge in [-0.3, -0.25) is 14.6 Å². The van der Waals surface area contributed by atoms with Gasteiger partial charge >= 0.3 is 5.97 Å². The molecule has 1 aromatic carbocycles. The number of nitrogens with zero attached hydrogens (tertiary/aromatic N) is 2. The summed E-state index contributed by atoms with van der Waals surface area (Å²) in [6.45, 7) is 0.237. The molecule has 2 heterocycles. The van der Waals surface area contributed by atoms with Crippen molar-refractivity contribution in [3.8, 4) is 17.0 Å². The lowest BCUT2D eigenvalue weighted by Crippen LogP contribution is -2.05. The number of carboxylic acids is 1. The Kier molecular flexibility index (Phi) is 4.61. The molecule has 25 heavy (non-hydrogen) atoms. The number of aryl methyl sites for hydroxylation is 1. The van der Waals surface area contributed by atoms with Gasteiger partial charge in [-0.2, -0.15) is 0 Å². The van der Waals surface area contributed by atoms with Gasteiger partial charge in [0.15, 0.2) is 5.78 Å². The fourth-order valence-electron chi connectivity index (χ4n) is 2.62. The van der Waals surface area contributed by atoms with Crippen LogP contribution >= 0.6 is 0 Å². The molecule has 0 atom stereocenters. The number of carboxylic acid groups (broad SMARTS) is 1. The number of para-hydroxylation sites is 1. The topological polar surface area (TPSA) is 92.4 Å². The normalized spacial score (nSPS) is 10.6. The maximum Gasteiger partial charge on any atom is 0.305 e. The Morgan fingerprint density at radius 3 is 2.48 bits per heavy atom. The van der Waals surface area contributed by atoms with Crippen LogP contribution in [0.5, 0.6) is 5.75 Å². The van der Waals surface area contributed by atoms with E-state index in [4.69, 9.17) is 5.11 Å². The Morgan fingerprint density at radius 2 is 1.80 bits per heavy atom. The van der Waals surface area contributed by atoms with Crippen LogP contribution in [0.15, 0.2) is 61.1 Å². The van der Waals surface area contributed by atoms with E-state index in [1.54, 1.807) is 59.6 Å². The second-order valence-corrected chi connectivity index (χ2v) is 5.53. The Balaban J connectivity index is 2.02. The van der Waals surface area contributed by atoms with Gasteiger partial charge < -0.3 is 14.8 Å². The summed E-state index contributed by atoms with van der Waals surface area (Å²) < 4.78 is 1.73. The van der Waals surface area contributed by atoms with Crippen molar-refractivity contribution in [1.82, 2.24) is 9.55 Å². The van der Waals surface area contributed by atoms with Crippen LogP contribution in [-0.2, 0) is 11.3 Å². The molecule has 0 bridgehead atoms. The first-order valence-electron chi connectivity index (χ1n) is 7.71.